The van der Waals surface area contributed by atoms with Gasteiger partial charge in [0.1, 0.15) is 0 Å². The van der Waals surface area contributed by atoms with Crippen LogP contribution in [0.4, 0.5) is 0 Å². The first-order chi connectivity index (χ1) is 40.3. The molecule has 0 spiro atoms. The van der Waals surface area contributed by atoms with Crippen LogP contribution in [-0.4, -0.2) is 0 Å². The van der Waals surface area contributed by atoms with Crippen LogP contribution in [0.25, 0.3) is 21.5 Å². The van der Waals surface area contributed by atoms with Gasteiger partial charge in [0.2, 0.25) is 0 Å². The lowest BCUT2D eigenvalue weighted by atomic mass is 9.87. The molecule has 0 fully saturated rings. The highest BCUT2D eigenvalue weighted by molar-refractivity contribution is 5.85. The largest absolute Gasteiger partial charge is 0.0654 e. The molecule has 0 aliphatic carbocycles. The maximum atomic E-state index is 2.27. The minimum atomic E-state index is 0.285. The van der Waals surface area contributed by atoms with Crippen molar-refractivity contribution in [3.63, 3.8) is 0 Å². The summed E-state index contributed by atoms with van der Waals surface area (Å²) in [5, 5.41) is 5.33. The van der Waals surface area contributed by atoms with Crippen molar-refractivity contribution in [2.45, 2.75) is 189 Å². The van der Waals surface area contributed by atoms with Crippen molar-refractivity contribution in [2.75, 3.05) is 0 Å². The summed E-state index contributed by atoms with van der Waals surface area (Å²) in [7, 11) is 0. The third-order valence-electron chi connectivity index (χ3n) is 15.2. The maximum Gasteiger partial charge on any atom is -0.0132 e. The first-order valence-corrected chi connectivity index (χ1v) is 31.5. The predicted octanol–water partition coefficient (Wildman–Crippen LogP) is 25.2. The van der Waals surface area contributed by atoms with E-state index in [9.17, 15) is 0 Å². The molecule has 10 aromatic rings. The number of hydrogen-bond donors (Lipinski definition) is 0. The minimum Gasteiger partial charge on any atom is -0.0654 e. The van der Waals surface area contributed by atoms with E-state index >= 15 is 0 Å². The van der Waals surface area contributed by atoms with Gasteiger partial charge >= 0.3 is 0 Å². The summed E-state index contributed by atoms with van der Waals surface area (Å²) in [5.41, 5.74) is 23.8. The normalized spacial score (nSPS) is 10.7. The number of unbranched alkanes of at least 4 members (excludes halogenated alkanes) is 1. The summed E-state index contributed by atoms with van der Waals surface area (Å²) >= 11 is 0. The SMILES string of the molecule is CCC(C)c1ccc(C)cc1.CCCCc1ccc(C)cc1.Cc1cc(C)c(C)c(C)c1.Cc1cc(C)cc(C)c1.Cc1ccc(C(C)(C)C)cc1.Cc1ccc(CC(C)C)cc1.Cc1ccc2ccccc2c1.Cc1cccc2ccccc12. The molecule has 0 amide bonds. The zero-order valence-electron chi connectivity index (χ0n) is 56.9. The Morgan fingerprint density at radius 2 is 0.753 bits per heavy atom. The van der Waals surface area contributed by atoms with Gasteiger partial charge in [-0.3, -0.25) is 0 Å². The fourth-order valence-corrected chi connectivity index (χ4v) is 9.67. The lowest BCUT2D eigenvalue weighted by Crippen LogP contribution is -2.10. The second-order valence-corrected chi connectivity index (χ2v) is 25.3. The number of aryl methyl sites for hydroxylation is 13. The van der Waals surface area contributed by atoms with E-state index in [4.69, 9.17) is 0 Å². The lowest BCUT2D eigenvalue weighted by molar-refractivity contribution is 0.590. The Morgan fingerprint density at radius 1 is 0.341 bits per heavy atom. The molecular weight excluding hydrogens is 1020 g/mol. The lowest BCUT2D eigenvalue weighted by Gasteiger charge is -2.18. The molecule has 0 aromatic heterocycles. The van der Waals surface area contributed by atoms with Crippen LogP contribution in [0.3, 0.4) is 0 Å². The Labute approximate surface area is 520 Å². The van der Waals surface area contributed by atoms with E-state index in [-0.39, 0.29) is 5.41 Å². The number of benzene rings is 10. The fourth-order valence-electron chi connectivity index (χ4n) is 9.67. The summed E-state index contributed by atoms with van der Waals surface area (Å²) in [6.07, 6.45) is 6.25. The number of rotatable bonds is 7. The average molecular weight is 1130 g/mol. The van der Waals surface area contributed by atoms with Gasteiger partial charge in [0, 0.05) is 0 Å². The van der Waals surface area contributed by atoms with E-state index < -0.39 is 0 Å². The molecule has 0 radical (unpaired) electrons. The molecule has 0 bridgehead atoms. The monoisotopic (exact) mass is 1130 g/mol. The van der Waals surface area contributed by atoms with Crippen molar-refractivity contribution in [1.29, 1.82) is 0 Å². The van der Waals surface area contributed by atoms with Crippen LogP contribution in [-0.2, 0) is 18.3 Å². The van der Waals surface area contributed by atoms with Gasteiger partial charge in [-0.25, -0.2) is 0 Å². The highest BCUT2D eigenvalue weighted by atomic mass is 14.2. The van der Waals surface area contributed by atoms with Crippen LogP contribution in [0, 0.1) is 95.9 Å². The standard InChI is InChI=1S/2C11H10.4C11H16.C10H14.C9H12/c1-9-5-4-7-10-6-2-3-8-11(9)10;1-9-6-7-10-4-2-3-5-11(10)8-9;1-9-5-7-10(8-6-9)11(2,3)4;1-9(2)8-11-6-4-10(3)5-7-11;1-4-10(3)11-7-5-9(2)6-8-11;1-3-4-5-11-8-6-10(2)7-9-11;1-7-5-8(2)10(4)9(3)6-7;1-7-4-8(2)6-9(3)5-7/h2*2-8H,1H3;5-8H,1-4H3;4-7,9H,8H2,1-3H3;5-8,10H,4H2,1-3H3;6-9H,3-5H2,1-2H3;5-6H,1-4H3;4-6H,1-3H3. The molecule has 0 heterocycles. The van der Waals surface area contributed by atoms with Crippen LogP contribution in [0.5, 0.6) is 0 Å². The van der Waals surface area contributed by atoms with E-state index in [1.165, 1.54) is 148 Å². The van der Waals surface area contributed by atoms with Crippen LogP contribution in [0.15, 0.2) is 212 Å². The Kier molecular flexibility index (Phi) is 32.1. The highest BCUT2D eigenvalue weighted by Gasteiger charge is 2.12. The van der Waals surface area contributed by atoms with Crippen LogP contribution in [0.1, 0.15) is 175 Å². The third-order valence-corrected chi connectivity index (χ3v) is 15.2. The number of hydrogen-bond acceptors (Lipinski definition) is 0. The van der Waals surface area contributed by atoms with Crippen LogP contribution >= 0.6 is 0 Å². The van der Waals surface area contributed by atoms with Crippen molar-refractivity contribution >= 4 is 21.5 Å². The highest BCUT2D eigenvalue weighted by Crippen LogP contribution is 2.23. The zero-order chi connectivity index (χ0) is 63.1. The van der Waals surface area contributed by atoms with Gasteiger partial charge in [0.05, 0.1) is 0 Å². The topological polar surface area (TPSA) is 0 Å². The number of fused-ring (bicyclic) bond motifs is 2. The Balaban J connectivity index is 0.000000255. The second-order valence-electron chi connectivity index (χ2n) is 25.3. The summed E-state index contributed by atoms with van der Waals surface area (Å²) < 4.78 is 0. The van der Waals surface area contributed by atoms with E-state index in [0.717, 1.165) is 5.92 Å². The molecule has 0 nitrogen and oxygen atoms in total. The van der Waals surface area contributed by atoms with Crippen molar-refractivity contribution < 1.29 is 0 Å². The molecule has 0 aliphatic heterocycles. The average Bonchev–Trinajstić information content (AvgIpc) is 3.66. The molecule has 0 aliphatic rings. The predicted molar refractivity (Wildman–Crippen MR) is 383 cm³/mol. The first-order valence-electron chi connectivity index (χ1n) is 31.5. The Hall–Kier alpha value is -7.28. The molecule has 85 heavy (non-hydrogen) atoms. The molecule has 0 heteroatoms. The van der Waals surface area contributed by atoms with Crippen molar-refractivity contribution in [3.05, 3.63) is 307 Å². The second kappa shape index (κ2) is 37.9. The molecule has 1 atom stereocenters. The molecule has 0 saturated carbocycles. The molecule has 0 N–H and O–H groups in total. The van der Waals surface area contributed by atoms with Gasteiger partial charge in [0.15, 0.2) is 0 Å². The first kappa shape index (κ1) is 72.0. The quantitative estimate of drug-likeness (QED) is 0.149. The Bertz CT molecular complexity index is 3350. The fraction of sp³-hybridized carbons (Fsp3) is 0.341. The molecular formula is C85H110. The van der Waals surface area contributed by atoms with Gasteiger partial charge in [0.25, 0.3) is 0 Å². The summed E-state index contributed by atoms with van der Waals surface area (Å²) in [6, 6.07) is 75.9. The summed E-state index contributed by atoms with van der Waals surface area (Å²) in [6.45, 7) is 45.7. The van der Waals surface area contributed by atoms with Crippen molar-refractivity contribution in [2.24, 2.45) is 5.92 Å². The zero-order valence-corrected chi connectivity index (χ0v) is 56.9. The van der Waals surface area contributed by atoms with E-state index in [1.54, 1.807) is 0 Å². The van der Waals surface area contributed by atoms with Crippen molar-refractivity contribution in [3.8, 4) is 0 Å². The van der Waals surface area contributed by atoms with E-state index in [2.05, 4.69) is 358 Å². The van der Waals surface area contributed by atoms with Crippen molar-refractivity contribution in [1.82, 2.24) is 0 Å². The van der Waals surface area contributed by atoms with Gasteiger partial charge in [-0.2, -0.15) is 0 Å². The third kappa shape index (κ3) is 28.9. The van der Waals surface area contributed by atoms with Gasteiger partial charge in [-0.1, -0.05) is 324 Å². The molecule has 10 rings (SSSR count). The molecule has 10 aromatic carbocycles. The smallest absolute Gasteiger partial charge is 0.0132 e. The maximum absolute atomic E-state index is 2.27. The van der Waals surface area contributed by atoms with Gasteiger partial charge in [-0.05, 0) is 199 Å². The molecule has 450 valence electrons. The minimum absolute atomic E-state index is 0.285. The summed E-state index contributed by atoms with van der Waals surface area (Å²) in [4.78, 5) is 0. The summed E-state index contributed by atoms with van der Waals surface area (Å²) in [5.74, 6) is 1.47. The van der Waals surface area contributed by atoms with E-state index in [0.29, 0.717) is 5.92 Å². The van der Waals surface area contributed by atoms with Crippen LogP contribution < -0.4 is 0 Å². The Morgan fingerprint density at radius 3 is 1.21 bits per heavy atom. The van der Waals surface area contributed by atoms with Gasteiger partial charge < -0.3 is 0 Å². The van der Waals surface area contributed by atoms with Crippen LogP contribution in [0.2, 0.25) is 0 Å². The van der Waals surface area contributed by atoms with E-state index in [1.807, 2.05) is 0 Å². The molecule has 0 saturated heterocycles. The van der Waals surface area contributed by atoms with Gasteiger partial charge in [-0.15, -0.1) is 0 Å². The molecule has 1 unspecified atom stereocenters.